The van der Waals surface area contributed by atoms with Gasteiger partial charge < -0.3 is 20.7 Å². The highest BCUT2D eigenvalue weighted by Gasteiger charge is 2.18. The summed E-state index contributed by atoms with van der Waals surface area (Å²) < 4.78 is 5.33. The van der Waals surface area contributed by atoms with Gasteiger partial charge in [-0.25, -0.2) is 0 Å². The van der Waals surface area contributed by atoms with Gasteiger partial charge in [0, 0.05) is 26.7 Å². The Morgan fingerprint density at radius 2 is 1.90 bits per heavy atom. The molecule has 0 aromatic rings. The van der Waals surface area contributed by atoms with E-state index >= 15 is 0 Å². The van der Waals surface area contributed by atoms with Crippen molar-refractivity contribution < 1.29 is 9.53 Å². The van der Waals surface area contributed by atoms with Crippen LogP contribution in [0.3, 0.4) is 0 Å². The maximum atomic E-state index is 11.9. The molecule has 21 heavy (non-hydrogen) atoms. The average Bonchev–Trinajstić information content (AvgIpc) is 2.48. The number of ether oxygens (including phenoxy) is 1. The van der Waals surface area contributed by atoms with Crippen molar-refractivity contribution >= 4 is 11.9 Å². The predicted octanol–water partition coefficient (Wildman–Crippen LogP) is 1.03. The number of hydrogen-bond donors (Lipinski definition) is 3. The lowest BCUT2D eigenvalue weighted by Crippen LogP contribution is -2.49. The van der Waals surface area contributed by atoms with E-state index in [1.54, 1.807) is 14.2 Å². The zero-order chi connectivity index (χ0) is 15.7. The van der Waals surface area contributed by atoms with Crippen LogP contribution >= 0.6 is 0 Å². The fourth-order valence-electron chi connectivity index (χ4n) is 2.28. The van der Waals surface area contributed by atoms with E-state index in [9.17, 15) is 4.79 Å². The molecule has 0 bridgehead atoms. The third-order valence-corrected chi connectivity index (χ3v) is 3.84. The van der Waals surface area contributed by atoms with Crippen molar-refractivity contribution in [3.05, 3.63) is 0 Å². The number of aliphatic imine (C=N–C) groups is 1. The van der Waals surface area contributed by atoms with Crippen molar-refractivity contribution in [3.8, 4) is 0 Å². The van der Waals surface area contributed by atoms with E-state index in [-0.39, 0.29) is 18.1 Å². The minimum Gasteiger partial charge on any atom is -0.377 e. The zero-order valence-corrected chi connectivity index (χ0v) is 13.8. The summed E-state index contributed by atoms with van der Waals surface area (Å²) in [6.45, 7) is 4.84. The first kappa shape index (κ1) is 17.8. The Kier molecular flexibility index (Phi) is 7.50. The number of carbonyl (C=O) groups excluding carboxylic acids is 1. The smallest absolute Gasteiger partial charge is 0.239 e. The minimum absolute atomic E-state index is 0.0239. The molecule has 0 saturated heterocycles. The van der Waals surface area contributed by atoms with Crippen LogP contribution in [0.2, 0.25) is 0 Å². The number of carbonyl (C=O) groups is 1. The van der Waals surface area contributed by atoms with Crippen LogP contribution in [0.4, 0.5) is 0 Å². The molecule has 0 aromatic carbocycles. The second kappa shape index (κ2) is 8.87. The molecule has 0 heterocycles. The molecule has 1 amide bonds. The fraction of sp³-hybridized carbons (Fsp3) is 0.867. The molecule has 0 radical (unpaired) electrons. The molecule has 3 N–H and O–H groups in total. The highest BCUT2D eigenvalue weighted by Crippen LogP contribution is 2.17. The van der Waals surface area contributed by atoms with Crippen molar-refractivity contribution in [2.24, 2.45) is 4.99 Å². The summed E-state index contributed by atoms with van der Waals surface area (Å²) in [4.78, 5) is 16.0. The number of methoxy groups -OCH3 is 1. The summed E-state index contributed by atoms with van der Waals surface area (Å²) in [5.41, 5.74) is -0.276. The molecule has 0 unspecified atom stereocenters. The number of nitrogens with one attached hydrogen (secondary N) is 3. The third-order valence-electron chi connectivity index (χ3n) is 3.84. The van der Waals surface area contributed by atoms with Gasteiger partial charge in [0.25, 0.3) is 0 Å². The van der Waals surface area contributed by atoms with Gasteiger partial charge in [-0.15, -0.1) is 0 Å². The summed E-state index contributed by atoms with van der Waals surface area (Å²) in [5.74, 6) is 0.634. The lowest BCUT2D eigenvalue weighted by molar-refractivity contribution is -0.120. The van der Waals surface area contributed by atoms with E-state index in [1.165, 1.54) is 19.3 Å². The molecule has 1 aliphatic carbocycles. The van der Waals surface area contributed by atoms with E-state index < -0.39 is 0 Å². The molecule has 1 saturated carbocycles. The van der Waals surface area contributed by atoms with Crippen LogP contribution < -0.4 is 16.0 Å². The van der Waals surface area contributed by atoms with Crippen molar-refractivity contribution in [2.75, 3.05) is 27.2 Å². The van der Waals surface area contributed by atoms with Gasteiger partial charge in [0.05, 0.1) is 12.1 Å². The molecular weight excluding hydrogens is 268 g/mol. The summed E-state index contributed by atoms with van der Waals surface area (Å²) in [6.07, 6.45) is 5.92. The number of nitrogens with zero attached hydrogens (tertiary/aromatic N) is 1. The van der Waals surface area contributed by atoms with Gasteiger partial charge in [-0.1, -0.05) is 19.3 Å². The summed E-state index contributed by atoms with van der Waals surface area (Å²) in [7, 11) is 3.36. The van der Waals surface area contributed by atoms with Gasteiger partial charge in [-0.2, -0.15) is 0 Å². The maximum Gasteiger partial charge on any atom is 0.239 e. The van der Waals surface area contributed by atoms with Crippen LogP contribution in [0, 0.1) is 0 Å². The Bertz CT molecular complexity index is 350. The van der Waals surface area contributed by atoms with Crippen LogP contribution in [0.25, 0.3) is 0 Å². The molecule has 1 aliphatic rings. The average molecular weight is 298 g/mol. The predicted molar refractivity (Wildman–Crippen MR) is 85.5 cm³/mol. The van der Waals surface area contributed by atoms with Crippen LogP contribution in [-0.2, 0) is 9.53 Å². The highest BCUT2D eigenvalue weighted by molar-refractivity contribution is 5.86. The van der Waals surface area contributed by atoms with Crippen molar-refractivity contribution in [1.29, 1.82) is 0 Å². The molecule has 6 heteroatoms. The molecule has 6 nitrogen and oxygen atoms in total. The fourth-order valence-corrected chi connectivity index (χ4v) is 2.28. The quantitative estimate of drug-likeness (QED) is 0.506. The van der Waals surface area contributed by atoms with E-state index in [0.717, 1.165) is 12.8 Å². The standard InChI is InChI=1S/C15H30N4O2/c1-15(2,21-4)11-18-14(16-3)17-10-13(20)19-12-8-6-5-7-9-12/h12H,5-11H2,1-4H3,(H,19,20)(H2,16,17,18). The lowest BCUT2D eigenvalue weighted by atomic mass is 9.95. The van der Waals surface area contributed by atoms with Crippen LogP contribution in [-0.4, -0.2) is 50.8 Å². The van der Waals surface area contributed by atoms with Gasteiger partial charge in [0.1, 0.15) is 0 Å². The van der Waals surface area contributed by atoms with Crippen LogP contribution in [0.1, 0.15) is 46.0 Å². The molecule has 0 aromatic heterocycles. The molecular formula is C15H30N4O2. The van der Waals surface area contributed by atoms with Crippen LogP contribution in [0.15, 0.2) is 4.99 Å². The number of rotatable bonds is 6. The Hall–Kier alpha value is -1.30. The van der Waals surface area contributed by atoms with Gasteiger partial charge in [0.2, 0.25) is 5.91 Å². The summed E-state index contributed by atoms with van der Waals surface area (Å²) in [5, 5.41) is 9.25. The zero-order valence-electron chi connectivity index (χ0n) is 13.8. The van der Waals surface area contributed by atoms with E-state index in [4.69, 9.17) is 4.74 Å². The van der Waals surface area contributed by atoms with Gasteiger partial charge in [-0.3, -0.25) is 9.79 Å². The maximum absolute atomic E-state index is 11.9. The lowest BCUT2D eigenvalue weighted by Gasteiger charge is -2.25. The van der Waals surface area contributed by atoms with Crippen molar-refractivity contribution in [3.63, 3.8) is 0 Å². The SMILES string of the molecule is CN=C(NCC(=O)NC1CCCCC1)NCC(C)(C)OC. The Morgan fingerprint density at radius 1 is 1.24 bits per heavy atom. The highest BCUT2D eigenvalue weighted by atomic mass is 16.5. The minimum atomic E-state index is -0.276. The van der Waals surface area contributed by atoms with E-state index in [0.29, 0.717) is 18.5 Å². The van der Waals surface area contributed by atoms with Gasteiger partial charge in [-0.05, 0) is 26.7 Å². The Morgan fingerprint density at radius 3 is 2.48 bits per heavy atom. The first-order valence-corrected chi connectivity index (χ1v) is 7.76. The molecule has 0 atom stereocenters. The topological polar surface area (TPSA) is 74.8 Å². The monoisotopic (exact) mass is 298 g/mol. The van der Waals surface area contributed by atoms with Crippen molar-refractivity contribution in [2.45, 2.75) is 57.6 Å². The molecule has 122 valence electrons. The molecule has 0 spiro atoms. The number of guanidine groups is 1. The summed E-state index contributed by atoms with van der Waals surface area (Å²) >= 11 is 0. The first-order chi connectivity index (χ1) is 9.96. The van der Waals surface area contributed by atoms with Gasteiger partial charge in [0.15, 0.2) is 5.96 Å². The summed E-state index contributed by atoms with van der Waals surface area (Å²) in [6, 6.07) is 0.343. The van der Waals surface area contributed by atoms with Crippen LogP contribution in [0.5, 0.6) is 0 Å². The Labute approximate surface area is 128 Å². The number of hydrogen-bond acceptors (Lipinski definition) is 3. The normalized spacial score (nSPS) is 17.4. The Balaban J connectivity index is 2.26. The van der Waals surface area contributed by atoms with Gasteiger partial charge >= 0.3 is 0 Å². The second-order valence-corrected chi connectivity index (χ2v) is 6.15. The second-order valence-electron chi connectivity index (χ2n) is 6.15. The molecule has 1 fully saturated rings. The third kappa shape index (κ3) is 7.32. The van der Waals surface area contributed by atoms with E-state index in [2.05, 4.69) is 20.9 Å². The molecule has 1 rings (SSSR count). The van der Waals surface area contributed by atoms with Crippen molar-refractivity contribution in [1.82, 2.24) is 16.0 Å². The van der Waals surface area contributed by atoms with E-state index in [1.807, 2.05) is 13.8 Å². The first-order valence-electron chi connectivity index (χ1n) is 7.76. The largest absolute Gasteiger partial charge is 0.377 e. The molecule has 0 aliphatic heterocycles. The number of amides is 1.